The molecule has 1 aromatic heterocycles. The molecule has 0 aliphatic carbocycles. The molecule has 7 nitrogen and oxygen atoms in total. The third-order valence-corrected chi connectivity index (χ3v) is 4.81. The van der Waals surface area contributed by atoms with Crippen LogP contribution in [0.1, 0.15) is 59.2 Å². The molecule has 0 bridgehead atoms. The van der Waals surface area contributed by atoms with Crippen LogP contribution in [-0.2, 0) is 22.6 Å². The van der Waals surface area contributed by atoms with E-state index in [-0.39, 0.29) is 11.8 Å². The number of rotatable bonds is 9. The van der Waals surface area contributed by atoms with Crippen LogP contribution < -0.4 is 10.6 Å². The van der Waals surface area contributed by atoms with Gasteiger partial charge in [-0.1, -0.05) is 27.7 Å². The fourth-order valence-corrected chi connectivity index (χ4v) is 3.15. The molecule has 0 saturated carbocycles. The highest BCUT2D eigenvalue weighted by molar-refractivity contribution is 7.09. The number of ether oxygens (including phenoxy) is 1. The van der Waals surface area contributed by atoms with Crippen LogP contribution in [0.25, 0.3) is 0 Å². The van der Waals surface area contributed by atoms with Crippen LogP contribution in [0, 0.1) is 5.92 Å². The number of hydrogen-bond donors (Lipinski definition) is 2. The monoisotopic (exact) mass is 398 g/mol. The molecular formula is C19H34N4O3S. The molecule has 0 radical (unpaired) electrons. The van der Waals surface area contributed by atoms with Crippen molar-refractivity contribution >= 4 is 23.3 Å². The lowest BCUT2D eigenvalue weighted by Crippen LogP contribution is -2.50. The summed E-state index contributed by atoms with van der Waals surface area (Å²) in [6.45, 7) is 16.5. The lowest BCUT2D eigenvalue weighted by molar-refractivity contribution is -0.124. The van der Waals surface area contributed by atoms with E-state index in [4.69, 9.17) is 4.74 Å². The SMILES string of the molecule is CCN(CC)Cc1csc(CNC(=O)C(NC(=O)OC(C)(C)C)C(C)C)n1. The molecule has 0 saturated heterocycles. The predicted molar refractivity (Wildman–Crippen MR) is 109 cm³/mol. The zero-order valence-electron chi connectivity index (χ0n) is 17.6. The molecule has 2 amide bonds. The van der Waals surface area contributed by atoms with Crippen LogP contribution in [-0.4, -0.2) is 46.6 Å². The number of thiazole rings is 1. The third kappa shape index (κ3) is 8.71. The van der Waals surface area contributed by atoms with E-state index in [1.165, 1.54) is 11.3 Å². The Morgan fingerprint density at radius 2 is 1.89 bits per heavy atom. The quantitative estimate of drug-likeness (QED) is 0.668. The third-order valence-electron chi connectivity index (χ3n) is 3.91. The minimum absolute atomic E-state index is 0.0629. The van der Waals surface area contributed by atoms with Crippen molar-refractivity contribution in [2.75, 3.05) is 13.1 Å². The molecule has 0 aliphatic rings. The van der Waals surface area contributed by atoms with Crippen molar-refractivity contribution in [3.8, 4) is 0 Å². The largest absolute Gasteiger partial charge is 0.444 e. The first-order chi connectivity index (χ1) is 12.6. The summed E-state index contributed by atoms with van der Waals surface area (Å²) in [7, 11) is 0. The van der Waals surface area contributed by atoms with Gasteiger partial charge in [0, 0.05) is 11.9 Å². The van der Waals surface area contributed by atoms with Gasteiger partial charge in [-0.05, 0) is 39.8 Å². The molecule has 1 atom stereocenters. The minimum Gasteiger partial charge on any atom is -0.444 e. The Hall–Kier alpha value is -1.67. The summed E-state index contributed by atoms with van der Waals surface area (Å²) in [5, 5.41) is 8.41. The van der Waals surface area contributed by atoms with Crippen molar-refractivity contribution in [3.05, 3.63) is 16.1 Å². The summed E-state index contributed by atoms with van der Waals surface area (Å²) in [6.07, 6.45) is -0.591. The molecule has 0 aromatic carbocycles. The highest BCUT2D eigenvalue weighted by atomic mass is 32.1. The van der Waals surface area contributed by atoms with Crippen molar-refractivity contribution in [1.82, 2.24) is 20.5 Å². The molecular weight excluding hydrogens is 364 g/mol. The van der Waals surface area contributed by atoms with Crippen LogP contribution in [0.2, 0.25) is 0 Å². The van der Waals surface area contributed by atoms with Crippen LogP contribution in [0.4, 0.5) is 4.79 Å². The Bertz CT molecular complexity index is 606. The predicted octanol–water partition coefficient (Wildman–Crippen LogP) is 3.15. The van der Waals surface area contributed by atoms with Crippen molar-refractivity contribution in [2.24, 2.45) is 5.92 Å². The Balaban J connectivity index is 2.60. The summed E-state index contributed by atoms with van der Waals surface area (Å²) >= 11 is 1.53. The molecule has 154 valence electrons. The molecule has 0 fully saturated rings. The number of nitrogens with zero attached hydrogens (tertiary/aromatic N) is 2. The van der Waals surface area contributed by atoms with E-state index < -0.39 is 17.7 Å². The number of aromatic nitrogens is 1. The van der Waals surface area contributed by atoms with Gasteiger partial charge in [-0.3, -0.25) is 9.69 Å². The fourth-order valence-electron chi connectivity index (χ4n) is 2.42. The summed E-state index contributed by atoms with van der Waals surface area (Å²) in [4.78, 5) is 31.4. The zero-order valence-corrected chi connectivity index (χ0v) is 18.4. The lowest BCUT2D eigenvalue weighted by Gasteiger charge is -2.25. The summed E-state index contributed by atoms with van der Waals surface area (Å²) in [5.41, 5.74) is 0.407. The Morgan fingerprint density at radius 1 is 1.26 bits per heavy atom. The molecule has 2 N–H and O–H groups in total. The van der Waals surface area contributed by atoms with Gasteiger partial charge in [-0.2, -0.15) is 0 Å². The number of amides is 2. The first kappa shape index (κ1) is 23.4. The molecule has 27 heavy (non-hydrogen) atoms. The van der Waals surface area contributed by atoms with Gasteiger partial charge in [0.2, 0.25) is 5.91 Å². The maximum Gasteiger partial charge on any atom is 0.408 e. The van der Waals surface area contributed by atoms with Gasteiger partial charge in [-0.15, -0.1) is 11.3 Å². The second kappa shape index (κ2) is 10.6. The number of nitrogens with one attached hydrogen (secondary N) is 2. The van der Waals surface area contributed by atoms with Crippen molar-refractivity contribution in [3.63, 3.8) is 0 Å². The van der Waals surface area contributed by atoms with Crippen LogP contribution in [0.3, 0.4) is 0 Å². The number of carbonyl (C=O) groups is 2. The molecule has 1 unspecified atom stereocenters. The fraction of sp³-hybridized carbons (Fsp3) is 0.737. The van der Waals surface area contributed by atoms with Gasteiger partial charge in [0.1, 0.15) is 16.7 Å². The maximum absolute atomic E-state index is 12.5. The van der Waals surface area contributed by atoms with Gasteiger partial charge in [0.15, 0.2) is 0 Å². The highest BCUT2D eigenvalue weighted by Crippen LogP contribution is 2.13. The van der Waals surface area contributed by atoms with Crippen molar-refractivity contribution in [2.45, 2.75) is 73.2 Å². The topological polar surface area (TPSA) is 83.6 Å². The Morgan fingerprint density at radius 3 is 2.41 bits per heavy atom. The first-order valence-electron chi connectivity index (χ1n) is 9.48. The van der Waals surface area contributed by atoms with E-state index in [0.29, 0.717) is 6.54 Å². The molecule has 0 spiro atoms. The Labute approximate surface area is 166 Å². The van der Waals surface area contributed by atoms with E-state index in [1.807, 2.05) is 19.2 Å². The summed E-state index contributed by atoms with van der Waals surface area (Å²) in [6, 6.07) is -0.657. The standard InChI is InChI=1S/C19H34N4O3S/c1-8-23(9-2)11-14-12-27-15(21-14)10-20-17(24)16(13(3)4)22-18(25)26-19(5,6)7/h12-13,16H,8-11H2,1-7H3,(H,20,24)(H,22,25). The van der Waals surface area contributed by atoms with E-state index in [1.54, 1.807) is 20.8 Å². The number of carbonyl (C=O) groups excluding carboxylic acids is 2. The average molecular weight is 399 g/mol. The van der Waals surface area contributed by atoms with Crippen LogP contribution >= 0.6 is 11.3 Å². The first-order valence-corrected chi connectivity index (χ1v) is 10.4. The minimum atomic E-state index is -0.657. The average Bonchev–Trinajstić information content (AvgIpc) is 3.01. The van der Waals surface area contributed by atoms with Crippen molar-refractivity contribution < 1.29 is 14.3 Å². The smallest absolute Gasteiger partial charge is 0.408 e. The lowest BCUT2D eigenvalue weighted by atomic mass is 10.0. The normalized spacial score (nSPS) is 12.9. The van der Waals surface area contributed by atoms with E-state index in [2.05, 4.69) is 34.4 Å². The number of hydrogen-bond acceptors (Lipinski definition) is 6. The van der Waals surface area contributed by atoms with E-state index in [9.17, 15) is 9.59 Å². The van der Waals surface area contributed by atoms with Gasteiger partial charge < -0.3 is 15.4 Å². The maximum atomic E-state index is 12.5. The van der Waals surface area contributed by atoms with Gasteiger partial charge in [0.25, 0.3) is 0 Å². The molecule has 1 heterocycles. The van der Waals surface area contributed by atoms with Gasteiger partial charge in [-0.25, -0.2) is 9.78 Å². The van der Waals surface area contributed by atoms with Crippen molar-refractivity contribution in [1.29, 1.82) is 0 Å². The zero-order chi connectivity index (χ0) is 20.6. The molecule has 8 heteroatoms. The van der Waals surface area contributed by atoms with Gasteiger partial charge >= 0.3 is 6.09 Å². The van der Waals surface area contributed by atoms with Crippen LogP contribution in [0.5, 0.6) is 0 Å². The number of alkyl carbamates (subject to hydrolysis) is 1. The second-order valence-corrected chi connectivity index (χ2v) is 8.72. The molecule has 1 aromatic rings. The highest BCUT2D eigenvalue weighted by Gasteiger charge is 2.26. The molecule has 1 rings (SSSR count). The Kier molecular flexibility index (Phi) is 9.18. The molecule has 0 aliphatic heterocycles. The van der Waals surface area contributed by atoms with Crippen LogP contribution in [0.15, 0.2) is 5.38 Å². The summed E-state index contributed by atoms with van der Waals surface area (Å²) in [5.74, 6) is -0.302. The van der Waals surface area contributed by atoms with E-state index in [0.717, 1.165) is 30.3 Å². The van der Waals surface area contributed by atoms with E-state index >= 15 is 0 Å². The second-order valence-electron chi connectivity index (χ2n) is 7.78. The van der Waals surface area contributed by atoms with Gasteiger partial charge in [0.05, 0.1) is 12.2 Å². The summed E-state index contributed by atoms with van der Waals surface area (Å²) < 4.78 is 5.25.